The first kappa shape index (κ1) is 11.9. The van der Waals surface area contributed by atoms with Crippen molar-refractivity contribution in [3.8, 4) is 0 Å². The highest BCUT2D eigenvalue weighted by molar-refractivity contribution is 4.74. The van der Waals surface area contributed by atoms with E-state index in [2.05, 4.69) is 39.9 Å². The van der Waals surface area contributed by atoms with Crippen molar-refractivity contribution in [1.82, 2.24) is 5.32 Å². The Hall–Kier alpha value is -0.0800. The van der Waals surface area contributed by atoms with Crippen LogP contribution in [0, 0.1) is 5.92 Å². The highest BCUT2D eigenvalue weighted by atomic mass is 16.3. The molecule has 0 saturated carbocycles. The summed E-state index contributed by atoms with van der Waals surface area (Å²) in [6, 6.07) is 0. The van der Waals surface area contributed by atoms with E-state index in [1.807, 2.05) is 0 Å². The summed E-state index contributed by atoms with van der Waals surface area (Å²) in [7, 11) is 0. The Kier molecular flexibility index (Phi) is 4.80. The maximum atomic E-state index is 9.62. The summed E-state index contributed by atoms with van der Waals surface area (Å²) in [5.41, 5.74) is 0.106. The maximum absolute atomic E-state index is 9.62. The SMILES string of the molecule is CCC(C)C(O)CNC(C)(C)C. The van der Waals surface area contributed by atoms with Gasteiger partial charge >= 0.3 is 0 Å². The second-order valence-electron chi connectivity index (χ2n) is 4.58. The fraction of sp³-hybridized carbons (Fsp3) is 1.00. The molecular weight excluding hydrogens is 150 g/mol. The maximum Gasteiger partial charge on any atom is 0.0690 e. The van der Waals surface area contributed by atoms with E-state index in [9.17, 15) is 5.11 Å². The van der Waals surface area contributed by atoms with Crippen LogP contribution in [0.5, 0.6) is 0 Å². The van der Waals surface area contributed by atoms with Crippen LogP contribution in [0.1, 0.15) is 41.0 Å². The monoisotopic (exact) mass is 173 g/mol. The molecule has 0 radical (unpaired) electrons. The molecule has 0 rings (SSSR count). The van der Waals surface area contributed by atoms with Gasteiger partial charge in [-0.05, 0) is 26.7 Å². The molecule has 0 aliphatic heterocycles. The molecule has 2 nitrogen and oxygen atoms in total. The minimum Gasteiger partial charge on any atom is -0.392 e. The molecule has 2 N–H and O–H groups in total. The largest absolute Gasteiger partial charge is 0.392 e. The second-order valence-corrected chi connectivity index (χ2v) is 4.58. The molecule has 0 aromatic carbocycles. The van der Waals surface area contributed by atoms with Crippen LogP contribution in [0.3, 0.4) is 0 Å². The summed E-state index contributed by atoms with van der Waals surface area (Å²) in [5.74, 6) is 0.389. The number of β-amino-alcohol motifs (C(OH)–C–C–N with tert-alkyl or cyclic N) is 1. The predicted octanol–water partition coefficient (Wildman–Crippen LogP) is 1.78. The molecule has 0 saturated heterocycles. The number of hydrogen-bond acceptors (Lipinski definition) is 2. The van der Waals surface area contributed by atoms with Gasteiger partial charge in [0.25, 0.3) is 0 Å². The van der Waals surface area contributed by atoms with E-state index in [0.717, 1.165) is 6.42 Å². The summed E-state index contributed by atoms with van der Waals surface area (Å²) in [6.45, 7) is 11.2. The summed E-state index contributed by atoms with van der Waals surface area (Å²) in [5, 5.41) is 12.9. The van der Waals surface area contributed by atoms with Crippen LogP contribution in [0.15, 0.2) is 0 Å². The van der Waals surface area contributed by atoms with Gasteiger partial charge in [-0.1, -0.05) is 20.3 Å². The third-order valence-electron chi connectivity index (χ3n) is 2.14. The number of rotatable bonds is 4. The molecule has 0 heterocycles. The Bertz CT molecular complexity index is 117. The van der Waals surface area contributed by atoms with Crippen molar-refractivity contribution in [2.75, 3.05) is 6.54 Å². The molecule has 2 atom stereocenters. The van der Waals surface area contributed by atoms with Crippen molar-refractivity contribution in [3.63, 3.8) is 0 Å². The first-order valence-corrected chi connectivity index (χ1v) is 4.80. The van der Waals surface area contributed by atoms with E-state index >= 15 is 0 Å². The van der Waals surface area contributed by atoms with Crippen molar-refractivity contribution in [1.29, 1.82) is 0 Å². The average Bonchev–Trinajstić information content (AvgIpc) is 1.97. The smallest absolute Gasteiger partial charge is 0.0690 e. The molecule has 0 aromatic heterocycles. The van der Waals surface area contributed by atoms with Gasteiger partial charge in [-0.3, -0.25) is 0 Å². The molecule has 2 heteroatoms. The Morgan fingerprint density at radius 3 is 2.17 bits per heavy atom. The number of aliphatic hydroxyl groups is 1. The third-order valence-corrected chi connectivity index (χ3v) is 2.14. The van der Waals surface area contributed by atoms with Gasteiger partial charge in [0.15, 0.2) is 0 Å². The Balaban J connectivity index is 3.64. The molecule has 0 aromatic rings. The lowest BCUT2D eigenvalue weighted by Gasteiger charge is -2.25. The van der Waals surface area contributed by atoms with Gasteiger partial charge in [0.2, 0.25) is 0 Å². The van der Waals surface area contributed by atoms with Gasteiger partial charge in [-0.25, -0.2) is 0 Å². The highest BCUT2D eigenvalue weighted by Crippen LogP contribution is 2.07. The predicted molar refractivity (Wildman–Crippen MR) is 53.2 cm³/mol. The van der Waals surface area contributed by atoms with Crippen LogP contribution in [0.2, 0.25) is 0 Å². The Labute approximate surface area is 76.4 Å². The van der Waals surface area contributed by atoms with E-state index in [-0.39, 0.29) is 11.6 Å². The summed E-state index contributed by atoms with van der Waals surface area (Å²) in [6.07, 6.45) is 0.821. The van der Waals surface area contributed by atoms with E-state index in [0.29, 0.717) is 12.5 Å². The molecular formula is C10H23NO. The van der Waals surface area contributed by atoms with E-state index in [4.69, 9.17) is 0 Å². The second kappa shape index (κ2) is 4.83. The topological polar surface area (TPSA) is 32.3 Å². The molecule has 0 aliphatic carbocycles. The normalized spacial score (nSPS) is 17.5. The lowest BCUT2D eigenvalue weighted by atomic mass is 10.0. The number of aliphatic hydroxyl groups excluding tert-OH is 1. The minimum absolute atomic E-state index is 0.106. The van der Waals surface area contributed by atoms with Gasteiger partial charge in [0.05, 0.1) is 6.10 Å². The fourth-order valence-electron chi connectivity index (χ4n) is 0.884. The highest BCUT2D eigenvalue weighted by Gasteiger charge is 2.15. The minimum atomic E-state index is -0.214. The van der Waals surface area contributed by atoms with Crippen molar-refractivity contribution < 1.29 is 5.11 Å². The summed E-state index contributed by atoms with van der Waals surface area (Å²) >= 11 is 0. The van der Waals surface area contributed by atoms with Gasteiger partial charge in [0, 0.05) is 12.1 Å². The van der Waals surface area contributed by atoms with Crippen LogP contribution < -0.4 is 5.32 Å². The molecule has 0 spiro atoms. The number of nitrogens with one attached hydrogen (secondary N) is 1. The Morgan fingerprint density at radius 2 is 1.83 bits per heavy atom. The lowest BCUT2D eigenvalue weighted by Crippen LogP contribution is -2.42. The van der Waals surface area contributed by atoms with Crippen LogP contribution in [-0.4, -0.2) is 23.3 Å². The van der Waals surface area contributed by atoms with Crippen molar-refractivity contribution in [3.05, 3.63) is 0 Å². The van der Waals surface area contributed by atoms with E-state index in [1.165, 1.54) is 0 Å². The molecule has 0 bridgehead atoms. The van der Waals surface area contributed by atoms with Gasteiger partial charge in [-0.15, -0.1) is 0 Å². The lowest BCUT2D eigenvalue weighted by molar-refractivity contribution is 0.105. The van der Waals surface area contributed by atoms with Gasteiger partial charge < -0.3 is 10.4 Å². The zero-order valence-electron chi connectivity index (χ0n) is 9.02. The fourth-order valence-corrected chi connectivity index (χ4v) is 0.884. The van der Waals surface area contributed by atoms with Gasteiger partial charge in [0.1, 0.15) is 0 Å². The van der Waals surface area contributed by atoms with Crippen LogP contribution in [-0.2, 0) is 0 Å². The Morgan fingerprint density at radius 1 is 1.33 bits per heavy atom. The molecule has 12 heavy (non-hydrogen) atoms. The summed E-state index contributed by atoms with van der Waals surface area (Å²) in [4.78, 5) is 0. The van der Waals surface area contributed by atoms with Crippen LogP contribution >= 0.6 is 0 Å². The van der Waals surface area contributed by atoms with Crippen molar-refractivity contribution in [2.45, 2.75) is 52.7 Å². The third kappa shape index (κ3) is 5.56. The van der Waals surface area contributed by atoms with Gasteiger partial charge in [-0.2, -0.15) is 0 Å². The van der Waals surface area contributed by atoms with Crippen LogP contribution in [0.25, 0.3) is 0 Å². The standard InChI is InChI=1S/C10H23NO/c1-6-8(2)9(12)7-11-10(3,4)5/h8-9,11-12H,6-7H2,1-5H3. The molecule has 74 valence electrons. The van der Waals surface area contributed by atoms with Crippen molar-refractivity contribution >= 4 is 0 Å². The van der Waals surface area contributed by atoms with E-state index in [1.54, 1.807) is 0 Å². The zero-order chi connectivity index (χ0) is 9.78. The average molecular weight is 173 g/mol. The molecule has 2 unspecified atom stereocenters. The first-order valence-electron chi connectivity index (χ1n) is 4.80. The van der Waals surface area contributed by atoms with Crippen LogP contribution in [0.4, 0.5) is 0 Å². The molecule has 0 aliphatic rings. The molecule has 0 fully saturated rings. The molecule has 0 amide bonds. The van der Waals surface area contributed by atoms with E-state index < -0.39 is 0 Å². The van der Waals surface area contributed by atoms with Crippen molar-refractivity contribution in [2.24, 2.45) is 5.92 Å². The zero-order valence-corrected chi connectivity index (χ0v) is 9.02. The first-order chi connectivity index (χ1) is 5.37. The number of hydrogen-bond donors (Lipinski definition) is 2. The quantitative estimate of drug-likeness (QED) is 0.679. The summed E-state index contributed by atoms with van der Waals surface area (Å²) < 4.78 is 0.